The van der Waals surface area contributed by atoms with Crippen molar-refractivity contribution in [2.75, 3.05) is 10.5 Å². The topological polar surface area (TPSA) is 64.0 Å². The predicted molar refractivity (Wildman–Crippen MR) is 80.8 cm³/mol. The molecule has 0 bridgehead atoms. The summed E-state index contributed by atoms with van der Waals surface area (Å²) in [4.78, 5) is 0. The molecule has 0 aliphatic rings. The molecule has 0 fully saturated rings. The molecule has 2 aromatic rings. The standard InChI is InChI=1S/C12H12Cl2FN3O2S/c1-2-21(19,20)17-12-10(14)7-18(16-12)6-8-9(13)4-3-5-11(8)15/h3-5,7H,2,6H2,1H3,(H,16,17). The van der Waals surface area contributed by atoms with E-state index in [9.17, 15) is 12.8 Å². The van der Waals surface area contributed by atoms with Gasteiger partial charge < -0.3 is 0 Å². The number of nitrogens with one attached hydrogen (secondary N) is 1. The maximum absolute atomic E-state index is 13.7. The van der Waals surface area contributed by atoms with E-state index in [1.54, 1.807) is 6.07 Å². The number of sulfonamides is 1. The van der Waals surface area contributed by atoms with Crippen molar-refractivity contribution in [3.63, 3.8) is 0 Å². The number of rotatable bonds is 5. The van der Waals surface area contributed by atoms with Crippen LogP contribution in [0.15, 0.2) is 24.4 Å². The number of aromatic nitrogens is 2. The van der Waals surface area contributed by atoms with Crippen molar-refractivity contribution in [2.24, 2.45) is 0 Å². The van der Waals surface area contributed by atoms with Gasteiger partial charge in [0.25, 0.3) is 0 Å². The number of benzene rings is 1. The molecule has 0 spiro atoms. The van der Waals surface area contributed by atoms with Gasteiger partial charge >= 0.3 is 0 Å². The van der Waals surface area contributed by atoms with Gasteiger partial charge in [0.1, 0.15) is 10.8 Å². The van der Waals surface area contributed by atoms with E-state index < -0.39 is 15.8 Å². The van der Waals surface area contributed by atoms with E-state index in [0.717, 1.165) is 0 Å². The van der Waals surface area contributed by atoms with Gasteiger partial charge in [-0.2, -0.15) is 5.10 Å². The SMILES string of the molecule is CCS(=O)(=O)Nc1nn(Cc2c(F)cccc2Cl)cc1Cl. The summed E-state index contributed by atoms with van der Waals surface area (Å²) in [6.07, 6.45) is 1.40. The summed E-state index contributed by atoms with van der Waals surface area (Å²) in [6.45, 7) is 1.53. The molecule has 0 saturated heterocycles. The summed E-state index contributed by atoms with van der Waals surface area (Å²) in [6, 6.07) is 4.34. The quantitative estimate of drug-likeness (QED) is 0.899. The van der Waals surface area contributed by atoms with E-state index >= 15 is 0 Å². The number of hydrogen-bond donors (Lipinski definition) is 1. The lowest BCUT2D eigenvalue weighted by Gasteiger charge is -2.06. The maximum atomic E-state index is 13.7. The molecule has 21 heavy (non-hydrogen) atoms. The third kappa shape index (κ3) is 3.87. The van der Waals surface area contributed by atoms with Crippen LogP contribution in [-0.2, 0) is 16.6 Å². The van der Waals surface area contributed by atoms with Crippen LogP contribution in [0.1, 0.15) is 12.5 Å². The highest BCUT2D eigenvalue weighted by atomic mass is 35.5. The third-order valence-electron chi connectivity index (χ3n) is 2.73. The van der Waals surface area contributed by atoms with Gasteiger partial charge in [-0.3, -0.25) is 9.40 Å². The molecular formula is C12H12Cl2FN3O2S. The average Bonchev–Trinajstić information content (AvgIpc) is 2.74. The zero-order valence-corrected chi connectivity index (χ0v) is 13.3. The highest BCUT2D eigenvalue weighted by Crippen LogP contribution is 2.24. The lowest BCUT2D eigenvalue weighted by molar-refractivity contribution is 0.585. The van der Waals surface area contributed by atoms with Crippen LogP contribution in [0.4, 0.5) is 10.2 Å². The van der Waals surface area contributed by atoms with Crippen LogP contribution in [-0.4, -0.2) is 24.0 Å². The molecule has 1 aromatic heterocycles. The van der Waals surface area contributed by atoms with Crippen LogP contribution in [0, 0.1) is 5.82 Å². The Hall–Kier alpha value is -1.31. The van der Waals surface area contributed by atoms with Crippen molar-refractivity contribution >= 4 is 39.0 Å². The monoisotopic (exact) mass is 351 g/mol. The Labute approximate surface area is 131 Å². The summed E-state index contributed by atoms with van der Waals surface area (Å²) in [5.41, 5.74) is 0.253. The second kappa shape index (κ2) is 6.21. The first kappa shape index (κ1) is 16.1. The average molecular weight is 352 g/mol. The van der Waals surface area contributed by atoms with Gasteiger partial charge in [0, 0.05) is 16.8 Å². The molecule has 114 valence electrons. The van der Waals surface area contributed by atoms with Crippen molar-refractivity contribution in [1.82, 2.24) is 9.78 Å². The van der Waals surface area contributed by atoms with E-state index in [1.807, 2.05) is 0 Å². The zero-order chi connectivity index (χ0) is 15.6. The minimum Gasteiger partial charge on any atom is -0.265 e. The minimum absolute atomic E-state index is 0.00554. The van der Waals surface area contributed by atoms with Crippen molar-refractivity contribution in [1.29, 1.82) is 0 Å². The van der Waals surface area contributed by atoms with Crippen LogP contribution in [0.5, 0.6) is 0 Å². The molecule has 2 rings (SSSR count). The van der Waals surface area contributed by atoms with Crippen LogP contribution in [0.2, 0.25) is 10.0 Å². The molecule has 0 saturated carbocycles. The second-order valence-electron chi connectivity index (χ2n) is 4.23. The molecule has 1 heterocycles. The largest absolute Gasteiger partial charge is 0.265 e. The lowest BCUT2D eigenvalue weighted by atomic mass is 10.2. The molecule has 1 N–H and O–H groups in total. The fourth-order valence-electron chi connectivity index (χ4n) is 1.61. The lowest BCUT2D eigenvalue weighted by Crippen LogP contribution is -2.15. The molecule has 9 heteroatoms. The minimum atomic E-state index is -3.48. The smallest absolute Gasteiger partial charge is 0.233 e. The van der Waals surface area contributed by atoms with Gasteiger partial charge in [0.15, 0.2) is 5.82 Å². The van der Waals surface area contributed by atoms with Gasteiger partial charge in [-0.1, -0.05) is 29.3 Å². The van der Waals surface area contributed by atoms with Crippen LogP contribution in [0.3, 0.4) is 0 Å². The Balaban J connectivity index is 2.27. The van der Waals surface area contributed by atoms with Gasteiger partial charge in [0.05, 0.1) is 12.3 Å². The predicted octanol–water partition coefficient (Wildman–Crippen LogP) is 3.14. The summed E-state index contributed by atoms with van der Waals surface area (Å²) in [7, 11) is -3.48. The zero-order valence-electron chi connectivity index (χ0n) is 11.0. The third-order valence-corrected chi connectivity index (χ3v) is 4.63. The van der Waals surface area contributed by atoms with Gasteiger partial charge in [0.2, 0.25) is 10.0 Å². The summed E-state index contributed by atoms with van der Waals surface area (Å²) >= 11 is 11.8. The molecule has 0 aliphatic heterocycles. The Morgan fingerprint density at radius 3 is 2.67 bits per heavy atom. The molecule has 0 radical (unpaired) electrons. The Morgan fingerprint density at radius 2 is 2.05 bits per heavy atom. The Kier molecular flexibility index (Phi) is 4.75. The fraction of sp³-hybridized carbons (Fsp3) is 0.250. The van der Waals surface area contributed by atoms with Crippen molar-refractivity contribution in [3.05, 3.63) is 45.8 Å². The first-order chi connectivity index (χ1) is 9.82. The van der Waals surface area contributed by atoms with Crippen LogP contribution in [0.25, 0.3) is 0 Å². The normalized spacial score (nSPS) is 11.6. The molecule has 0 unspecified atom stereocenters. The van der Waals surface area contributed by atoms with Crippen LogP contribution < -0.4 is 4.72 Å². The molecular weight excluding hydrogens is 340 g/mol. The summed E-state index contributed by atoms with van der Waals surface area (Å²) in [5, 5.41) is 4.38. The van der Waals surface area contributed by atoms with Crippen molar-refractivity contribution < 1.29 is 12.8 Å². The van der Waals surface area contributed by atoms with E-state index in [2.05, 4.69) is 9.82 Å². The second-order valence-corrected chi connectivity index (χ2v) is 7.05. The number of hydrogen-bond acceptors (Lipinski definition) is 3. The van der Waals surface area contributed by atoms with Crippen LogP contribution >= 0.6 is 23.2 Å². The first-order valence-corrected chi connectivity index (χ1v) is 8.39. The van der Waals surface area contributed by atoms with Crippen molar-refractivity contribution in [3.8, 4) is 0 Å². The Bertz CT molecular complexity index is 742. The van der Waals surface area contributed by atoms with E-state index in [4.69, 9.17) is 23.2 Å². The first-order valence-electron chi connectivity index (χ1n) is 5.98. The van der Waals surface area contributed by atoms with E-state index in [1.165, 1.54) is 29.9 Å². The molecule has 0 amide bonds. The number of anilines is 1. The highest BCUT2D eigenvalue weighted by Gasteiger charge is 2.15. The molecule has 0 aliphatic carbocycles. The van der Waals surface area contributed by atoms with Crippen molar-refractivity contribution in [2.45, 2.75) is 13.5 Å². The molecule has 5 nitrogen and oxygen atoms in total. The summed E-state index contributed by atoms with van der Waals surface area (Å²) < 4.78 is 40.3. The van der Waals surface area contributed by atoms with Gasteiger partial charge in [-0.05, 0) is 19.1 Å². The van der Waals surface area contributed by atoms with Gasteiger partial charge in [-0.25, -0.2) is 12.8 Å². The molecule has 1 aromatic carbocycles. The Morgan fingerprint density at radius 1 is 1.33 bits per heavy atom. The molecule has 0 atom stereocenters. The van der Waals surface area contributed by atoms with Gasteiger partial charge in [-0.15, -0.1) is 0 Å². The van der Waals surface area contributed by atoms with E-state index in [-0.39, 0.29) is 33.7 Å². The maximum Gasteiger partial charge on any atom is 0.233 e. The number of halogens is 3. The number of nitrogens with zero attached hydrogens (tertiary/aromatic N) is 2. The highest BCUT2D eigenvalue weighted by molar-refractivity contribution is 7.92. The fourth-order valence-corrected chi connectivity index (χ4v) is 2.68. The summed E-state index contributed by atoms with van der Waals surface area (Å²) in [5.74, 6) is -0.564. The van der Waals surface area contributed by atoms with E-state index in [0.29, 0.717) is 0 Å².